The normalized spacial score (nSPS) is 17.7. The molecule has 0 aromatic heterocycles. The molecule has 2 aromatic carbocycles. The number of carbonyl (C=O) groups is 2. The highest BCUT2D eigenvalue weighted by Crippen LogP contribution is 2.46. The maximum absolute atomic E-state index is 14.7. The van der Waals surface area contributed by atoms with E-state index in [0.717, 1.165) is 31.5 Å². The van der Waals surface area contributed by atoms with Crippen molar-refractivity contribution >= 4 is 84.8 Å². The van der Waals surface area contributed by atoms with Gasteiger partial charge in [-0.1, -0.05) is 178 Å². The molecule has 1 saturated heterocycles. The average molecular weight is 1090 g/mol. The summed E-state index contributed by atoms with van der Waals surface area (Å²) < 4.78 is 24.3. The Morgan fingerprint density at radius 2 is 1.32 bits per heavy atom. The van der Waals surface area contributed by atoms with Crippen LogP contribution in [-0.2, 0) is 23.2 Å². The van der Waals surface area contributed by atoms with Gasteiger partial charge in [-0.15, -0.1) is 23.5 Å². The fourth-order valence-corrected chi connectivity index (χ4v) is 24.5. The van der Waals surface area contributed by atoms with E-state index in [1.54, 1.807) is 7.11 Å². The van der Waals surface area contributed by atoms with Crippen molar-refractivity contribution in [2.24, 2.45) is 17.8 Å². The zero-order chi connectivity index (χ0) is 49.4. The monoisotopic (exact) mass is 1090 g/mol. The highest BCUT2D eigenvalue weighted by molar-refractivity contribution is 14.1. The first kappa shape index (κ1) is 58.9. The van der Waals surface area contributed by atoms with Crippen molar-refractivity contribution in [2.75, 3.05) is 31.7 Å². The minimum atomic E-state index is -3.02. The summed E-state index contributed by atoms with van der Waals surface area (Å²) in [6, 6.07) is 21.4. The summed E-state index contributed by atoms with van der Waals surface area (Å²) in [4.78, 5) is 30.4. The van der Waals surface area contributed by atoms with Crippen molar-refractivity contribution in [1.29, 1.82) is 0 Å². The molecular formula is C55H88INO5S2Si2. The number of nitrogens with zero attached hydrogens (tertiary/aromatic N) is 1. The molecule has 0 unspecified atom stereocenters. The lowest BCUT2D eigenvalue weighted by Gasteiger charge is -2.47. The minimum Gasteiger partial charge on any atom is -0.413 e. The predicted octanol–water partition coefficient (Wildman–Crippen LogP) is 14.0. The van der Waals surface area contributed by atoms with Gasteiger partial charge >= 0.3 is 0 Å². The van der Waals surface area contributed by atoms with Crippen LogP contribution in [0.5, 0.6) is 0 Å². The standard InChI is InChI=1S/C55H88INO5S2Si2/c1-17-57(18-2)52(59)35-46(36-53-63-32-33-64-53)34-50(61-65(39(3)4,40(5)6)41(7)8)43(10)27-25-26-42(9)49(58)37-51(45(12)54(60-16)44(11)38-56)62-66(55(13,14)15,47-28-21-19-22-29-47)48-30-23-20-24-31-48/h19-31,38-41,43,45-46,50-51,53-54H,17-18,32-37H2,1-16H3/b27-25+,42-26+,44-38+/t43-,45+,46-,50-,51+,54+/m1/s1. The molecular weight excluding hydrogens is 1000 g/mol. The molecule has 0 radical (unpaired) electrons. The molecule has 0 bridgehead atoms. The average Bonchev–Trinajstić information content (AvgIpc) is 3.79. The lowest BCUT2D eigenvalue weighted by Crippen LogP contribution is -2.68. The Labute approximate surface area is 427 Å². The first-order valence-corrected chi connectivity index (χ1v) is 32.2. The number of Topliss-reactive ketones (excluding diaryl/α,β-unsaturated/α-hetero) is 1. The van der Waals surface area contributed by atoms with Crippen LogP contribution in [0.3, 0.4) is 0 Å². The zero-order valence-corrected chi connectivity index (χ0v) is 49.5. The van der Waals surface area contributed by atoms with Gasteiger partial charge in [-0.2, -0.15) is 0 Å². The van der Waals surface area contributed by atoms with Gasteiger partial charge in [0.05, 0.1) is 22.9 Å². The lowest BCUT2D eigenvalue weighted by molar-refractivity contribution is -0.132. The van der Waals surface area contributed by atoms with Gasteiger partial charge in [0, 0.05) is 50.5 Å². The summed E-state index contributed by atoms with van der Waals surface area (Å²) in [5, 5.41) is 2.11. The van der Waals surface area contributed by atoms with E-state index in [1.165, 1.54) is 21.9 Å². The van der Waals surface area contributed by atoms with E-state index in [2.05, 4.69) is 196 Å². The molecule has 0 aliphatic carbocycles. The molecule has 0 saturated carbocycles. The molecule has 11 heteroatoms. The molecule has 66 heavy (non-hydrogen) atoms. The van der Waals surface area contributed by atoms with Crippen LogP contribution < -0.4 is 10.4 Å². The second-order valence-corrected chi connectivity index (χ2v) is 33.9. The maximum atomic E-state index is 14.7. The summed E-state index contributed by atoms with van der Waals surface area (Å²) >= 11 is 6.39. The van der Waals surface area contributed by atoms with Crippen LogP contribution >= 0.6 is 46.1 Å². The third kappa shape index (κ3) is 15.3. The number of methoxy groups -OCH3 is 1. The SMILES string of the molecule is CCN(CC)C(=O)C[C@H](CC1SCCS1)C[C@@H](O[Si](C(C)C)(C(C)C)C(C)C)[C@H](C)/C=C/C=C(\C)C(=O)C[C@H](O[Si](c1ccccc1)(c1ccccc1)C(C)(C)C)[C@H](C)[C@@H](OC)/C(C)=C/I. The molecule has 0 spiro atoms. The topological polar surface area (TPSA) is 65.1 Å². The Morgan fingerprint density at radius 1 is 0.803 bits per heavy atom. The molecule has 6 nitrogen and oxygen atoms in total. The van der Waals surface area contributed by atoms with E-state index in [4.69, 9.17) is 13.6 Å². The van der Waals surface area contributed by atoms with E-state index < -0.39 is 22.7 Å². The van der Waals surface area contributed by atoms with E-state index in [0.29, 0.717) is 33.2 Å². The first-order chi connectivity index (χ1) is 31.1. The quantitative estimate of drug-likeness (QED) is 0.0382. The molecule has 1 aliphatic heterocycles. The number of ether oxygens (including phenoxy) is 1. The minimum absolute atomic E-state index is 0.0549. The molecule has 1 fully saturated rings. The molecule has 0 N–H and O–H groups in total. The summed E-state index contributed by atoms with van der Waals surface area (Å²) in [7, 11) is -3.55. The van der Waals surface area contributed by atoms with Crippen LogP contribution in [0.15, 0.2) is 94.1 Å². The van der Waals surface area contributed by atoms with Gasteiger partial charge in [-0.25, -0.2) is 0 Å². The number of hydrogen-bond acceptors (Lipinski definition) is 7. The lowest BCUT2D eigenvalue weighted by atomic mass is 9.89. The van der Waals surface area contributed by atoms with Gasteiger partial charge in [0.2, 0.25) is 14.2 Å². The van der Waals surface area contributed by atoms with Crippen LogP contribution in [-0.4, -0.2) is 87.8 Å². The van der Waals surface area contributed by atoms with E-state index >= 15 is 0 Å². The largest absolute Gasteiger partial charge is 0.413 e. The van der Waals surface area contributed by atoms with Gasteiger partial charge < -0.3 is 18.5 Å². The number of ketones is 1. The van der Waals surface area contributed by atoms with Crippen molar-refractivity contribution in [1.82, 2.24) is 4.90 Å². The Kier molecular flexibility index (Phi) is 24.8. The molecule has 3 rings (SSSR count). The van der Waals surface area contributed by atoms with Crippen LogP contribution in [0, 0.1) is 17.8 Å². The molecule has 1 heterocycles. The van der Waals surface area contributed by atoms with E-state index in [9.17, 15) is 9.59 Å². The van der Waals surface area contributed by atoms with Gasteiger partial charge in [0.25, 0.3) is 8.32 Å². The number of thioether (sulfide) groups is 2. The molecule has 1 aliphatic rings. The highest BCUT2D eigenvalue weighted by atomic mass is 127. The fourth-order valence-electron chi connectivity index (χ4n) is 10.7. The number of amides is 1. The van der Waals surface area contributed by atoms with E-state index in [1.807, 2.05) is 41.4 Å². The Balaban J connectivity index is 2.09. The molecule has 370 valence electrons. The van der Waals surface area contributed by atoms with Crippen LogP contribution in [0.25, 0.3) is 0 Å². The summed E-state index contributed by atoms with van der Waals surface area (Å²) in [5.74, 6) is 2.82. The summed E-state index contributed by atoms with van der Waals surface area (Å²) in [6.07, 6.45) is 8.24. The predicted molar refractivity (Wildman–Crippen MR) is 302 cm³/mol. The van der Waals surface area contributed by atoms with Gasteiger partial charge in [0.1, 0.15) is 0 Å². The zero-order valence-electron chi connectivity index (χ0n) is 43.7. The van der Waals surface area contributed by atoms with Gasteiger partial charge in [-0.3, -0.25) is 9.59 Å². The highest BCUT2D eigenvalue weighted by Gasteiger charge is 2.53. The van der Waals surface area contributed by atoms with Gasteiger partial charge in [0.15, 0.2) is 5.78 Å². The van der Waals surface area contributed by atoms with Crippen LogP contribution in [0.1, 0.15) is 130 Å². The maximum Gasteiger partial charge on any atom is 0.261 e. The number of carbonyl (C=O) groups excluding carboxylic acids is 2. The van der Waals surface area contributed by atoms with E-state index in [-0.39, 0.29) is 53.1 Å². The fraction of sp³-hybridized carbons (Fsp3) is 0.636. The van der Waals surface area contributed by atoms with Crippen LogP contribution in [0.2, 0.25) is 21.7 Å². The van der Waals surface area contributed by atoms with Crippen molar-refractivity contribution < 1.29 is 23.2 Å². The number of rotatable bonds is 27. The second kappa shape index (κ2) is 27.8. The van der Waals surface area contributed by atoms with Crippen molar-refractivity contribution in [3.8, 4) is 0 Å². The van der Waals surface area contributed by atoms with Crippen LogP contribution in [0.4, 0.5) is 0 Å². The third-order valence-corrected chi connectivity index (χ3v) is 29.5. The smallest absolute Gasteiger partial charge is 0.261 e. The Bertz CT molecular complexity index is 1800. The number of hydrogen-bond donors (Lipinski definition) is 0. The van der Waals surface area contributed by atoms with Gasteiger partial charge in [-0.05, 0) is 99.6 Å². The molecule has 6 atom stereocenters. The number of benzene rings is 2. The number of allylic oxidation sites excluding steroid dienone is 3. The Morgan fingerprint density at radius 3 is 1.76 bits per heavy atom. The second-order valence-electron chi connectivity index (χ2n) is 20.7. The molecule has 1 amide bonds. The summed E-state index contributed by atoms with van der Waals surface area (Å²) in [5.41, 5.74) is 3.10. The molecule has 2 aromatic rings. The van der Waals surface area contributed by atoms with Crippen molar-refractivity contribution in [2.45, 2.75) is 174 Å². The van der Waals surface area contributed by atoms with Crippen molar-refractivity contribution in [3.63, 3.8) is 0 Å². The van der Waals surface area contributed by atoms with Crippen molar-refractivity contribution in [3.05, 3.63) is 94.1 Å². The third-order valence-electron chi connectivity index (χ3n) is 14.3. The Hall–Kier alpha value is -1.46. The first-order valence-electron chi connectivity index (χ1n) is 24.8. The summed E-state index contributed by atoms with van der Waals surface area (Å²) in [6.45, 7) is 35.1. The number of halogens is 1.